The van der Waals surface area contributed by atoms with Crippen LogP contribution >= 0.6 is 11.6 Å². The number of nitrogens with one attached hydrogen (secondary N) is 1. The van der Waals surface area contributed by atoms with Gasteiger partial charge in [-0.05, 0) is 54.4 Å². The van der Waals surface area contributed by atoms with Gasteiger partial charge in [0, 0.05) is 45.9 Å². The molecule has 1 fully saturated rings. The molecule has 7 nitrogen and oxygen atoms in total. The minimum atomic E-state index is -0.859. The largest absolute Gasteiger partial charge is 0.507 e. The van der Waals surface area contributed by atoms with Crippen LogP contribution in [0.1, 0.15) is 22.7 Å². The molecule has 0 radical (unpaired) electrons. The van der Waals surface area contributed by atoms with Gasteiger partial charge in [0.1, 0.15) is 17.3 Å². The summed E-state index contributed by atoms with van der Waals surface area (Å²) in [6.45, 7) is 0.254. The molecule has 1 saturated heterocycles. The third-order valence-electron chi connectivity index (χ3n) is 6.69. The zero-order chi connectivity index (χ0) is 26.1. The number of amides is 1. The summed E-state index contributed by atoms with van der Waals surface area (Å²) < 4.78 is 11.0. The monoisotopic (exact) mass is 516 g/mol. The molecule has 2 N–H and O–H groups in total. The maximum Gasteiger partial charge on any atom is 0.295 e. The molecular formula is C29H25ClN2O5. The molecule has 3 aromatic carbocycles. The van der Waals surface area contributed by atoms with Gasteiger partial charge >= 0.3 is 0 Å². The molecule has 0 aliphatic carbocycles. The zero-order valence-corrected chi connectivity index (χ0v) is 21.1. The second kappa shape index (κ2) is 10.0. The van der Waals surface area contributed by atoms with Crippen molar-refractivity contribution in [1.82, 2.24) is 9.88 Å². The first-order valence-electron chi connectivity index (χ1n) is 11.7. The number of ketones is 1. The van der Waals surface area contributed by atoms with Crippen molar-refractivity contribution in [3.05, 3.63) is 100 Å². The molecule has 37 heavy (non-hydrogen) atoms. The van der Waals surface area contributed by atoms with Crippen LogP contribution in [0.15, 0.2) is 78.5 Å². The van der Waals surface area contributed by atoms with Crippen LogP contribution in [0.3, 0.4) is 0 Å². The zero-order valence-electron chi connectivity index (χ0n) is 20.3. The number of para-hydroxylation sites is 1. The van der Waals surface area contributed by atoms with Gasteiger partial charge < -0.3 is 24.5 Å². The number of aromatic nitrogens is 1. The van der Waals surface area contributed by atoms with E-state index in [-0.39, 0.29) is 17.9 Å². The summed E-state index contributed by atoms with van der Waals surface area (Å²) in [5.41, 5.74) is 2.97. The van der Waals surface area contributed by atoms with Crippen molar-refractivity contribution < 1.29 is 24.2 Å². The van der Waals surface area contributed by atoms with Crippen molar-refractivity contribution in [2.24, 2.45) is 0 Å². The summed E-state index contributed by atoms with van der Waals surface area (Å²) in [5.74, 6) is -0.709. The van der Waals surface area contributed by atoms with Gasteiger partial charge in [-0.2, -0.15) is 0 Å². The Morgan fingerprint density at radius 3 is 2.51 bits per heavy atom. The summed E-state index contributed by atoms with van der Waals surface area (Å²) in [6.07, 6.45) is 2.42. The third-order valence-corrected chi connectivity index (χ3v) is 6.94. The number of hydrogen-bond donors (Lipinski definition) is 2. The summed E-state index contributed by atoms with van der Waals surface area (Å²) >= 11 is 6.02. The van der Waals surface area contributed by atoms with E-state index in [0.29, 0.717) is 34.1 Å². The quantitative estimate of drug-likeness (QED) is 0.192. The van der Waals surface area contributed by atoms with Crippen LogP contribution in [0.5, 0.6) is 11.5 Å². The standard InChI is InChI=1S/C29H25ClN2O5/c1-36-20-11-12-22(24(15-20)37-2)26-25(27(33)17-7-9-19(30)10-8-17)28(34)29(35)32(26)14-13-18-16-31-23-6-4-3-5-21(18)23/h3-12,15-16,26,31,33H,13-14H2,1-2H3/b27-25+. The lowest BCUT2D eigenvalue weighted by Crippen LogP contribution is -2.31. The van der Waals surface area contributed by atoms with E-state index >= 15 is 0 Å². The summed E-state index contributed by atoms with van der Waals surface area (Å²) in [4.78, 5) is 31.5. The fourth-order valence-corrected chi connectivity index (χ4v) is 4.95. The van der Waals surface area contributed by atoms with Gasteiger partial charge in [-0.25, -0.2) is 0 Å². The van der Waals surface area contributed by atoms with Crippen LogP contribution in [0.2, 0.25) is 5.02 Å². The number of H-pyrrole nitrogens is 1. The van der Waals surface area contributed by atoms with E-state index in [1.807, 2.05) is 30.5 Å². The number of nitrogens with zero attached hydrogens (tertiary/aromatic N) is 1. The maximum absolute atomic E-state index is 13.4. The molecule has 1 aromatic heterocycles. The molecule has 4 aromatic rings. The van der Waals surface area contributed by atoms with E-state index in [9.17, 15) is 14.7 Å². The average molecular weight is 517 g/mol. The first kappa shape index (κ1) is 24.5. The summed E-state index contributed by atoms with van der Waals surface area (Å²) in [5, 5.41) is 12.8. The van der Waals surface area contributed by atoms with Crippen LogP contribution < -0.4 is 9.47 Å². The molecule has 188 valence electrons. The number of Topliss-reactive ketones (excluding diaryl/α,β-unsaturated/α-hetero) is 1. The Bertz CT molecular complexity index is 1520. The number of likely N-dealkylation sites (tertiary alicyclic amines) is 1. The number of ether oxygens (including phenoxy) is 2. The third kappa shape index (κ3) is 4.42. The molecule has 1 unspecified atom stereocenters. The molecule has 1 atom stereocenters. The molecule has 0 saturated carbocycles. The van der Waals surface area contributed by atoms with Crippen molar-refractivity contribution >= 4 is 40.0 Å². The maximum atomic E-state index is 13.4. The smallest absolute Gasteiger partial charge is 0.295 e. The van der Waals surface area contributed by atoms with E-state index in [2.05, 4.69) is 4.98 Å². The highest BCUT2D eigenvalue weighted by Gasteiger charge is 2.47. The van der Waals surface area contributed by atoms with Crippen LogP contribution in [0, 0.1) is 0 Å². The van der Waals surface area contributed by atoms with Crippen molar-refractivity contribution in [2.75, 3.05) is 20.8 Å². The highest BCUT2D eigenvalue weighted by Crippen LogP contribution is 2.43. The predicted molar refractivity (Wildman–Crippen MR) is 142 cm³/mol. The Kier molecular flexibility index (Phi) is 6.63. The molecular weight excluding hydrogens is 492 g/mol. The first-order valence-corrected chi connectivity index (χ1v) is 12.1. The van der Waals surface area contributed by atoms with Gasteiger partial charge in [-0.15, -0.1) is 0 Å². The number of rotatable bonds is 7. The Morgan fingerprint density at radius 1 is 1.03 bits per heavy atom. The lowest BCUT2D eigenvalue weighted by Gasteiger charge is -2.27. The second-order valence-electron chi connectivity index (χ2n) is 8.72. The van der Waals surface area contributed by atoms with Crippen LogP contribution in [-0.2, 0) is 16.0 Å². The van der Waals surface area contributed by atoms with Crippen LogP contribution in [0.4, 0.5) is 0 Å². The minimum Gasteiger partial charge on any atom is -0.507 e. The lowest BCUT2D eigenvalue weighted by atomic mass is 9.94. The fraction of sp³-hybridized carbons (Fsp3) is 0.172. The molecule has 0 spiro atoms. The van der Waals surface area contributed by atoms with Gasteiger partial charge in [0.25, 0.3) is 11.7 Å². The molecule has 0 bridgehead atoms. The summed E-state index contributed by atoms with van der Waals surface area (Å²) in [6, 6.07) is 18.7. The highest BCUT2D eigenvalue weighted by molar-refractivity contribution is 6.46. The number of aromatic amines is 1. The number of benzene rings is 3. The topological polar surface area (TPSA) is 91.9 Å². The molecule has 1 amide bonds. The van der Waals surface area contributed by atoms with E-state index in [1.54, 1.807) is 49.6 Å². The van der Waals surface area contributed by atoms with Crippen molar-refractivity contribution in [2.45, 2.75) is 12.5 Å². The van der Waals surface area contributed by atoms with Gasteiger partial charge in [-0.3, -0.25) is 9.59 Å². The van der Waals surface area contributed by atoms with Crippen LogP contribution in [0.25, 0.3) is 16.7 Å². The Hall–Kier alpha value is -4.23. The van der Waals surface area contributed by atoms with Gasteiger partial charge in [-0.1, -0.05) is 29.8 Å². The predicted octanol–water partition coefficient (Wildman–Crippen LogP) is 5.50. The van der Waals surface area contributed by atoms with Gasteiger partial charge in [0.05, 0.1) is 25.8 Å². The number of carbonyl (C=O) groups is 2. The number of methoxy groups -OCH3 is 2. The number of halogens is 1. The Morgan fingerprint density at radius 2 is 1.78 bits per heavy atom. The number of fused-ring (bicyclic) bond motifs is 1. The van der Waals surface area contributed by atoms with Crippen molar-refractivity contribution in [3.63, 3.8) is 0 Å². The van der Waals surface area contributed by atoms with Crippen LogP contribution in [-0.4, -0.2) is 47.4 Å². The average Bonchev–Trinajstić information content (AvgIpc) is 3.45. The van der Waals surface area contributed by atoms with Crippen molar-refractivity contribution in [1.29, 1.82) is 0 Å². The number of hydrogen-bond acceptors (Lipinski definition) is 5. The molecule has 5 rings (SSSR count). The van der Waals surface area contributed by atoms with E-state index in [4.69, 9.17) is 21.1 Å². The van der Waals surface area contributed by atoms with Crippen molar-refractivity contribution in [3.8, 4) is 11.5 Å². The SMILES string of the molecule is COc1ccc(C2/C(=C(\O)c3ccc(Cl)cc3)C(=O)C(=O)N2CCc2c[nH]c3ccccc23)c(OC)c1. The second-order valence-corrected chi connectivity index (χ2v) is 9.15. The Labute approximate surface area is 218 Å². The molecule has 1 aliphatic heterocycles. The first-order chi connectivity index (χ1) is 17.9. The molecule has 2 heterocycles. The van der Waals surface area contributed by atoms with E-state index in [1.165, 1.54) is 12.0 Å². The number of aliphatic hydroxyl groups is 1. The number of carbonyl (C=O) groups excluding carboxylic acids is 2. The molecule has 1 aliphatic rings. The van der Waals surface area contributed by atoms with E-state index in [0.717, 1.165) is 16.5 Å². The Balaban J connectivity index is 1.61. The van der Waals surface area contributed by atoms with Gasteiger partial charge in [0.15, 0.2) is 0 Å². The minimum absolute atomic E-state index is 0.00489. The fourth-order valence-electron chi connectivity index (χ4n) is 4.82. The summed E-state index contributed by atoms with van der Waals surface area (Å²) in [7, 11) is 3.05. The lowest BCUT2D eigenvalue weighted by molar-refractivity contribution is -0.139. The van der Waals surface area contributed by atoms with Gasteiger partial charge in [0.2, 0.25) is 0 Å². The number of aliphatic hydroxyl groups excluding tert-OH is 1. The molecule has 8 heteroatoms. The highest BCUT2D eigenvalue weighted by atomic mass is 35.5. The normalized spacial score (nSPS) is 16.9. The van der Waals surface area contributed by atoms with E-state index < -0.39 is 17.7 Å².